The Balaban J connectivity index is 0.00000144. The molecule has 0 atom stereocenters. The normalized spacial score (nSPS) is 13.7. The molecule has 2 nitrogen and oxygen atoms in total. The van der Waals surface area contributed by atoms with Crippen LogP contribution in [-0.4, -0.2) is 4.98 Å². The van der Waals surface area contributed by atoms with Gasteiger partial charge in [0.1, 0.15) is 0 Å². The molecular weight excluding hydrogens is 292 g/mol. The number of aryl methyl sites for hydroxylation is 1. The maximum absolute atomic E-state index is 4.81. The van der Waals surface area contributed by atoms with E-state index in [2.05, 4.69) is 66.8 Å². The monoisotopic (exact) mass is 310 g/mol. The summed E-state index contributed by atoms with van der Waals surface area (Å²) in [5.74, 6) is 0.660. The molecule has 1 fully saturated rings. The highest BCUT2D eigenvalue weighted by Crippen LogP contribution is 2.41. The van der Waals surface area contributed by atoms with E-state index in [1.165, 1.54) is 29.5 Å². The van der Waals surface area contributed by atoms with Crippen molar-refractivity contribution >= 4 is 34.7 Å². The molecule has 0 aliphatic heterocycles. The SMILES string of the molecule is Cc1ccc(Nc2cc(C3CC3)nc3ccccc23)cc1.Cl. The zero-order chi connectivity index (χ0) is 14.2. The van der Waals surface area contributed by atoms with E-state index in [1.54, 1.807) is 0 Å². The molecule has 3 aromatic rings. The van der Waals surface area contributed by atoms with Crippen LogP contribution in [0.5, 0.6) is 0 Å². The number of rotatable bonds is 3. The molecule has 0 amide bonds. The van der Waals surface area contributed by atoms with Crippen LogP contribution in [0, 0.1) is 6.92 Å². The second-order valence-electron chi connectivity index (χ2n) is 5.88. The van der Waals surface area contributed by atoms with Crippen molar-refractivity contribution < 1.29 is 0 Å². The average molecular weight is 311 g/mol. The number of benzene rings is 2. The molecule has 1 aliphatic rings. The third-order valence-corrected chi connectivity index (χ3v) is 4.06. The first-order valence-corrected chi connectivity index (χ1v) is 7.53. The van der Waals surface area contributed by atoms with E-state index < -0.39 is 0 Å². The summed E-state index contributed by atoms with van der Waals surface area (Å²) in [5.41, 5.74) is 5.86. The molecule has 0 spiro atoms. The number of para-hydroxylation sites is 1. The van der Waals surface area contributed by atoms with Gasteiger partial charge in [0.25, 0.3) is 0 Å². The number of pyridine rings is 1. The lowest BCUT2D eigenvalue weighted by molar-refractivity contribution is 1.04. The molecule has 0 unspecified atom stereocenters. The number of fused-ring (bicyclic) bond motifs is 1. The summed E-state index contributed by atoms with van der Waals surface area (Å²) in [7, 11) is 0. The molecule has 0 radical (unpaired) electrons. The van der Waals surface area contributed by atoms with Crippen molar-refractivity contribution in [2.24, 2.45) is 0 Å². The smallest absolute Gasteiger partial charge is 0.0726 e. The number of anilines is 2. The molecular formula is C19H19ClN2. The lowest BCUT2D eigenvalue weighted by Gasteiger charge is -2.12. The summed E-state index contributed by atoms with van der Waals surface area (Å²) in [6.07, 6.45) is 2.55. The Morgan fingerprint density at radius 1 is 1.00 bits per heavy atom. The first kappa shape index (κ1) is 14.9. The summed E-state index contributed by atoms with van der Waals surface area (Å²) >= 11 is 0. The number of nitrogens with one attached hydrogen (secondary N) is 1. The van der Waals surface area contributed by atoms with Gasteiger partial charge in [-0.2, -0.15) is 0 Å². The molecule has 1 aromatic heterocycles. The Kier molecular flexibility index (Phi) is 4.04. The van der Waals surface area contributed by atoms with Gasteiger partial charge < -0.3 is 5.32 Å². The summed E-state index contributed by atoms with van der Waals surface area (Å²) in [5, 5.41) is 4.74. The minimum Gasteiger partial charge on any atom is -0.355 e. The summed E-state index contributed by atoms with van der Waals surface area (Å²) in [4.78, 5) is 4.81. The maximum Gasteiger partial charge on any atom is 0.0726 e. The lowest BCUT2D eigenvalue weighted by Crippen LogP contribution is -1.96. The van der Waals surface area contributed by atoms with E-state index >= 15 is 0 Å². The van der Waals surface area contributed by atoms with Crippen LogP contribution < -0.4 is 5.32 Å². The van der Waals surface area contributed by atoms with Gasteiger partial charge in [-0.15, -0.1) is 12.4 Å². The van der Waals surface area contributed by atoms with E-state index in [9.17, 15) is 0 Å². The van der Waals surface area contributed by atoms with Crippen LogP contribution in [0.15, 0.2) is 54.6 Å². The molecule has 22 heavy (non-hydrogen) atoms. The van der Waals surface area contributed by atoms with Gasteiger partial charge in [0.2, 0.25) is 0 Å². The van der Waals surface area contributed by atoms with Gasteiger partial charge in [-0.05, 0) is 44.0 Å². The predicted octanol–water partition coefficient (Wildman–Crippen LogP) is 5.59. The average Bonchev–Trinajstić information content (AvgIpc) is 3.34. The number of aromatic nitrogens is 1. The fourth-order valence-electron chi connectivity index (χ4n) is 2.68. The first-order chi connectivity index (χ1) is 10.3. The molecule has 112 valence electrons. The Labute approximate surface area is 137 Å². The van der Waals surface area contributed by atoms with Crippen molar-refractivity contribution in [2.75, 3.05) is 5.32 Å². The topological polar surface area (TPSA) is 24.9 Å². The van der Waals surface area contributed by atoms with E-state index in [0.29, 0.717) is 5.92 Å². The number of hydrogen-bond acceptors (Lipinski definition) is 2. The summed E-state index contributed by atoms with van der Waals surface area (Å²) < 4.78 is 0. The van der Waals surface area contributed by atoms with Crippen LogP contribution in [0.4, 0.5) is 11.4 Å². The van der Waals surface area contributed by atoms with E-state index in [-0.39, 0.29) is 12.4 Å². The van der Waals surface area contributed by atoms with Crippen molar-refractivity contribution in [3.05, 3.63) is 65.9 Å². The largest absolute Gasteiger partial charge is 0.355 e. The second-order valence-corrected chi connectivity index (χ2v) is 5.88. The minimum absolute atomic E-state index is 0. The molecule has 1 N–H and O–H groups in total. The third-order valence-electron chi connectivity index (χ3n) is 4.06. The van der Waals surface area contributed by atoms with Gasteiger partial charge >= 0.3 is 0 Å². The molecule has 4 rings (SSSR count). The number of halogens is 1. The van der Waals surface area contributed by atoms with Gasteiger partial charge in [-0.1, -0.05) is 35.9 Å². The van der Waals surface area contributed by atoms with Crippen molar-refractivity contribution in [2.45, 2.75) is 25.7 Å². The summed E-state index contributed by atoms with van der Waals surface area (Å²) in [6.45, 7) is 2.11. The van der Waals surface area contributed by atoms with Gasteiger partial charge in [-0.3, -0.25) is 4.98 Å². The van der Waals surface area contributed by atoms with Crippen LogP contribution in [0.1, 0.15) is 30.0 Å². The van der Waals surface area contributed by atoms with Crippen molar-refractivity contribution in [3.63, 3.8) is 0 Å². The van der Waals surface area contributed by atoms with Crippen LogP contribution >= 0.6 is 12.4 Å². The fraction of sp³-hybridized carbons (Fsp3) is 0.211. The molecule has 0 bridgehead atoms. The van der Waals surface area contributed by atoms with Crippen LogP contribution in [-0.2, 0) is 0 Å². The van der Waals surface area contributed by atoms with E-state index in [4.69, 9.17) is 4.98 Å². The second kappa shape index (κ2) is 5.98. The molecule has 0 saturated heterocycles. The quantitative estimate of drug-likeness (QED) is 0.682. The maximum atomic E-state index is 4.81. The first-order valence-electron chi connectivity index (χ1n) is 7.53. The highest BCUT2D eigenvalue weighted by Gasteiger charge is 2.25. The molecule has 1 saturated carbocycles. The minimum atomic E-state index is 0. The lowest BCUT2D eigenvalue weighted by atomic mass is 10.1. The van der Waals surface area contributed by atoms with Gasteiger partial charge in [0.15, 0.2) is 0 Å². The Morgan fingerprint density at radius 3 is 2.45 bits per heavy atom. The van der Waals surface area contributed by atoms with E-state index in [0.717, 1.165) is 16.9 Å². The zero-order valence-electron chi connectivity index (χ0n) is 12.5. The molecule has 1 aliphatic carbocycles. The number of hydrogen-bond donors (Lipinski definition) is 1. The molecule has 3 heteroatoms. The van der Waals surface area contributed by atoms with E-state index in [1.807, 2.05) is 0 Å². The van der Waals surface area contributed by atoms with Crippen LogP contribution in [0.3, 0.4) is 0 Å². The van der Waals surface area contributed by atoms with Crippen LogP contribution in [0.25, 0.3) is 10.9 Å². The van der Waals surface area contributed by atoms with Crippen molar-refractivity contribution in [1.82, 2.24) is 4.98 Å². The third kappa shape index (κ3) is 2.93. The highest BCUT2D eigenvalue weighted by molar-refractivity contribution is 5.93. The summed E-state index contributed by atoms with van der Waals surface area (Å²) in [6, 6.07) is 19.1. The number of nitrogens with zero attached hydrogens (tertiary/aromatic N) is 1. The molecule has 2 aromatic carbocycles. The predicted molar refractivity (Wildman–Crippen MR) is 95.4 cm³/mol. The highest BCUT2D eigenvalue weighted by atomic mass is 35.5. The van der Waals surface area contributed by atoms with Gasteiger partial charge in [-0.25, -0.2) is 0 Å². The molecule has 1 heterocycles. The van der Waals surface area contributed by atoms with Crippen LogP contribution in [0.2, 0.25) is 0 Å². The Hall–Kier alpha value is -2.06. The van der Waals surface area contributed by atoms with Gasteiger partial charge in [0.05, 0.1) is 5.52 Å². The Bertz CT molecular complexity index is 792. The standard InChI is InChI=1S/C19H18N2.ClH/c1-13-6-10-15(11-7-13)20-19-12-18(14-8-9-14)21-17-5-3-2-4-16(17)19;/h2-7,10-12,14H,8-9H2,1H3,(H,20,21);1H. The van der Waals surface area contributed by atoms with Gasteiger partial charge in [0, 0.05) is 28.4 Å². The van der Waals surface area contributed by atoms with Crippen molar-refractivity contribution in [3.8, 4) is 0 Å². The Morgan fingerprint density at radius 2 is 1.73 bits per heavy atom. The fourth-order valence-corrected chi connectivity index (χ4v) is 2.68. The zero-order valence-corrected chi connectivity index (χ0v) is 13.4. The van der Waals surface area contributed by atoms with Crippen molar-refractivity contribution in [1.29, 1.82) is 0 Å².